The third kappa shape index (κ3) is 5.54. The average Bonchev–Trinajstić information content (AvgIpc) is 2.74. The number of benzene rings is 2. The van der Waals surface area contributed by atoms with Gasteiger partial charge < -0.3 is 18.9 Å². The van der Waals surface area contributed by atoms with E-state index in [1.807, 2.05) is 18.2 Å². The molecule has 2 rings (SSSR count). The fraction of sp³-hybridized carbons (Fsp3) is 0.455. The molecule has 0 aromatic heterocycles. The van der Waals surface area contributed by atoms with Crippen LogP contribution in [0.1, 0.15) is 39.5 Å². The van der Waals surface area contributed by atoms with Gasteiger partial charge in [-0.25, -0.2) is 5.53 Å². The lowest BCUT2D eigenvalue weighted by Crippen LogP contribution is -2.04. The summed E-state index contributed by atoms with van der Waals surface area (Å²) in [5, 5.41) is 4.18. The Labute approximate surface area is 177 Å². The maximum atomic E-state index is 7.66. The van der Waals surface area contributed by atoms with Crippen molar-refractivity contribution in [3.63, 3.8) is 0 Å². The van der Waals surface area contributed by atoms with Crippen LogP contribution in [0.25, 0.3) is 11.1 Å². The van der Waals surface area contributed by atoms with Gasteiger partial charge in [-0.1, -0.05) is 38.3 Å². The van der Waals surface area contributed by atoms with Gasteiger partial charge in [-0.15, -0.1) is 0 Å². The Kier molecular flexibility index (Phi) is 9.06. The molecule has 0 aliphatic rings. The number of unbranched alkanes of at least 4 members (excludes halogenated alkanes) is 2. The van der Waals surface area contributed by atoms with Gasteiger partial charge in [-0.05, 0) is 37.1 Å². The molecule has 158 valence electrons. The van der Waals surface area contributed by atoms with Crippen LogP contribution >= 0.6 is 11.6 Å². The Balaban J connectivity index is 2.66. The second-order valence-corrected chi connectivity index (χ2v) is 6.90. The fourth-order valence-electron chi connectivity index (χ4n) is 2.84. The zero-order valence-corrected chi connectivity index (χ0v) is 18.3. The van der Waals surface area contributed by atoms with E-state index in [9.17, 15) is 0 Å². The van der Waals surface area contributed by atoms with Crippen LogP contribution in [0.4, 0.5) is 5.69 Å². The third-order valence-corrected chi connectivity index (χ3v) is 4.77. The van der Waals surface area contributed by atoms with Gasteiger partial charge in [0, 0.05) is 11.1 Å². The Morgan fingerprint density at radius 2 is 1.59 bits per heavy atom. The molecule has 6 nitrogen and oxygen atoms in total. The molecule has 29 heavy (non-hydrogen) atoms. The Bertz CT molecular complexity index is 827. The van der Waals surface area contributed by atoms with Crippen LogP contribution in [0.2, 0.25) is 5.02 Å². The highest BCUT2D eigenvalue weighted by Gasteiger charge is 2.24. The zero-order valence-electron chi connectivity index (χ0n) is 17.5. The fourth-order valence-corrected chi connectivity index (χ4v) is 3.11. The minimum Gasteiger partial charge on any atom is -0.497 e. The van der Waals surface area contributed by atoms with Crippen molar-refractivity contribution in [3.05, 3.63) is 29.3 Å². The summed E-state index contributed by atoms with van der Waals surface area (Å²) in [5.74, 6) is 2.00. The summed E-state index contributed by atoms with van der Waals surface area (Å²) in [6.07, 6.45) is 3.78. The molecule has 0 spiro atoms. The van der Waals surface area contributed by atoms with Crippen LogP contribution < -0.4 is 18.9 Å². The van der Waals surface area contributed by atoms with Crippen LogP contribution in [0.15, 0.2) is 29.4 Å². The number of rotatable bonds is 12. The monoisotopic (exact) mass is 420 g/mol. The topological polar surface area (TPSA) is 73.1 Å². The van der Waals surface area contributed by atoms with E-state index in [-0.39, 0.29) is 0 Å². The number of halogens is 1. The lowest BCUT2D eigenvalue weighted by molar-refractivity contribution is 0.284. The first kappa shape index (κ1) is 22.8. The summed E-state index contributed by atoms with van der Waals surface area (Å²) in [6, 6.07) is 7.28. The second kappa shape index (κ2) is 11.5. The number of nitrogens with one attached hydrogen (secondary N) is 1. The van der Waals surface area contributed by atoms with Crippen LogP contribution in [0.5, 0.6) is 23.0 Å². The van der Waals surface area contributed by atoms with Gasteiger partial charge in [0.2, 0.25) is 0 Å². The van der Waals surface area contributed by atoms with Crippen molar-refractivity contribution in [2.45, 2.75) is 39.5 Å². The van der Waals surface area contributed by atoms with Gasteiger partial charge >= 0.3 is 0 Å². The largest absolute Gasteiger partial charge is 0.497 e. The van der Waals surface area contributed by atoms with E-state index in [1.54, 1.807) is 13.2 Å². The van der Waals surface area contributed by atoms with Crippen molar-refractivity contribution in [3.8, 4) is 34.1 Å². The number of ether oxygens (including phenoxy) is 4. The first-order chi connectivity index (χ1) is 14.1. The molecule has 2 aromatic rings. The molecule has 0 saturated carbocycles. The molecule has 0 radical (unpaired) electrons. The normalized spacial score (nSPS) is 10.5. The van der Waals surface area contributed by atoms with Crippen molar-refractivity contribution in [2.75, 3.05) is 27.4 Å². The Morgan fingerprint density at radius 3 is 2.14 bits per heavy atom. The van der Waals surface area contributed by atoms with E-state index in [4.69, 9.17) is 36.1 Å². The molecule has 0 fully saturated rings. The predicted molar refractivity (Wildman–Crippen MR) is 116 cm³/mol. The van der Waals surface area contributed by atoms with E-state index in [2.05, 4.69) is 19.0 Å². The molecular weight excluding hydrogens is 392 g/mol. The Hall–Kier alpha value is -2.47. The van der Waals surface area contributed by atoms with Gasteiger partial charge in [0.1, 0.15) is 5.75 Å². The first-order valence-corrected chi connectivity index (χ1v) is 10.2. The molecule has 0 atom stereocenters. The highest BCUT2D eigenvalue weighted by Crippen LogP contribution is 2.51. The molecule has 0 saturated heterocycles. The molecular formula is C22H29ClN2O4. The van der Waals surface area contributed by atoms with E-state index < -0.39 is 0 Å². The molecule has 0 aliphatic carbocycles. The molecule has 0 unspecified atom stereocenters. The highest BCUT2D eigenvalue weighted by atomic mass is 35.5. The smallest absolute Gasteiger partial charge is 0.192 e. The summed E-state index contributed by atoms with van der Waals surface area (Å²) in [5.41, 5.74) is 9.45. The SMILES string of the molecule is CCCCOc1cc(-c2ccc(OC)cc2Cl)c(OCCCC)c(OC)c1N=N. The summed E-state index contributed by atoms with van der Waals surface area (Å²) in [6.45, 7) is 5.22. The quantitative estimate of drug-likeness (QED) is 0.295. The molecule has 7 heteroatoms. The maximum Gasteiger partial charge on any atom is 0.192 e. The number of hydrogen-bond acceptors (Lipinski definition) is 6. The van der Waals surface area contributed by atoms with Gasteiger partial charge in [-0.3, -0.25) is 0 Å². The average molecular weight is 421 g/mol. The highest BCUT2D eigenvalue weighted by molar-refractivity contribution is 6.33. The first-order valence-electron chi connectivity index (χ1n) is 9.83. The molecule has 1 N–H and O–H groups in total. The van der Waals surface area contributed by atoms with E-state index in [1.165, 1.54) is 7.11 Å². The van der Waals surface area contributed by atoms with Gasteiger partial charge in [0.05, 0.1) is 32.5 Å². The Morgan fingerprint density at radius 1 is 0.897 bits per heavy atom. The van der Waals surface area contributed by atoms with Crippen LogP contribution in [-0.2, 0) is 0 Å². The van der Waals surface area contributed by atoms with E-state index >= 15 is 0 Å². The molecule has 0 amide bonds. The predicted octanol–water partition coefficient (Wildman–Crippen LogP) is 7.04. The van der Waals surface area contributed by atoms with Gasteiger partial charge in [0.15, 0.2) is 22.9 Å². The summed E-state index contributed by atoms with van der Waals surface area (Å²) in [7, 11) is 3.13. The molecule has 0 aliphatic heterocycles. The number of methoxy groups -OCH3 is 2. The molecule has 2 aromatic carbocycles. The van der Waals surface area contributed by atoms with Crippen LogP contribution in [0.3, 0.4) is 0 Å². The van der Waals surface area contributed by atoms with Crippen molar-refractivity contribution in [1.82, 2.24) is 0 Å². The minimum atomic E-state index is 0.309. The van der Waals surface area contributed by atoms with Crippen LogP contribution in [-0.4, -0.2) is 27.4 Å². The van der Waals surface area contributed by atoms with E-state index in [0.717, 1.165) is 36.8 Å². The third-order valence-electron chi connectivity index (χ3n) is 4.46. The van der Waals surface area contributed by atoms with Gasteiger partial charge in [-0.2, -0.15) is 5.11 Å². The lowest BCUT2D eigenvalue weighted by Gasteiger charge is -2.20. The van der Waals surface area contributed by atoms with Crippen molar-refractivity contribution < 1.29 is 18.9 Å². The number of nitrogens with zero attached hydrogens (tertiary/aromatic N) is 1. The van der Waals surface area contributed by atoms with Gasteiger partial charge in [0.25, 0.3) is 0 Å². The summed E-state index contributed by atoms with van der Waals surface area (Å²) < 4.78 is 22.9. The second-order valence-electron chi connectivity index (χ2n) is 6.49. The van der Waals surface area contributed by atoms with Crippen molar-refractivity contribution in [2.24, 2.45) is 5.11 Å². The lowest BCUT2D eigenvalue weighted by atomic mass is 10.0. The van der Waals surface area contributed by atoms with Crippen LogP contribution in [0, 0.1) is 5.53 Å². The standard InChI is InChI=1S/C22H29ClN2O4/c1-5-7-11-28-19-14-17(16-10-9-15(26-3)13-18(16)23)21(29-12-8-6-2)22(27-4)20(19)25-24/h9-10,13-14,24H,5-8,11-12H2,1-4H3. The van der Waals surface area contributed by atoms with E-state index in [0.29, 0.717) is 46.9 Å². The number of hydrogen-bond donors (Lipinski definition) is 1. The minimum absolute atomic E-state index is 0.309. The summed E-state index contributed by atoms with van der Waals surface area (Å²) >= 11 is 6.55. The zero-order chi connectivity index (χ0) is 21.2. The van der Waals surface area contributed by atoms with Crippen molar-refractivity contribution >= 4 is 17.3 Å². The molecule has 0 bridgehead atoms. The summed E-state index contributed by atoms with van der Waals surface area (Å²) in [4.78, 5) is 0. The van der Waals surface area contributed by atoms with Crippen molar-refractivity contribution in [1.29, 1.82) is 5.53 Å². The molecule has 0 heterocycles. The maximum absolute atomic E-state index is 7.66.